The van der Waals surface area contributed by atoms with Crippen molar-refractivity contribution >= 4 is 6.09 Å². The molecule has 0 N–H and O–H groups in total. The van der Waals surface area contributed by atoms with Gasteiger partial charge in [0, 0.05) is 24.3 Å². The average Bonchev–Trinajstić information content (AvgIpc) is 2.85. The van der Waals surface area contributed by atoms with Crippen LogP contribution in [0.5, 0.6) is 5.88 Å². The lowest BCUT2D eigenvalue weighted by molar-refractivity contribution is 0.0226. The second kappa shape index (κ2) is 6.33. The minimum Gasteiger partial charge on any atom is -0.481 e. The Bertz CT molecular complexity index is 497. The number of rotatable bonds is 3. The maximum atomic E-state index is 12.3. The van der Waals surface area contributed by atoms with Crippen molar-refractivity contribution in [3.63, 3.8) is 0 Å². The number of likely N-dealkylation sites (tertiary alicyclic amines) is 1. The summed E-state index contributed by atoms with van der Waals surface area (Å²) >= 11 is 0. The number of hydrogen-bond acceptors (Lipinski definition) is 4. The molecule has 1 aromatic heterocycles. The van der Waals surface area contributed by atoms with Gasteiger partial charge in [0.1, 0.15) is 5.60 Å². The minimum atomic E-state index is -0.462. The molecular weight excluding hydrogens is 268 g/mol. The first-order valence-corrected chi connectivity index (χ1v) is 7.38. The van der Waals surface area contributed by atoms with Gasteiger partial charge in [0.15, 0.2) is 0 Å². The lowest BCUT2D eigenvalue weighted by Crippen LogP contribution is -2.40. The maximum absolute atomic E-state index is 12.3. The van der Waals surface area contributed by atoms with Crippen molar-refractivity contribution in [3.05, 3.63) is 23.9 Å². The van der Waals surface area contributed by atoms with E-state index in [9.17, 15) is 4.79 Å². The first kappa shape index (κ1) is 15.6. The third kappa shape index (κ3) is 4.09. The molecule has 1 unspecified atom stereocenters. The van der Waals surface area contributed by atoms with Crippen LogP contribution in [0.15, 0.2) is 18.3 Å². The van der Waals surface area contributed by atoms with Crippen LogP contribution in [-0.4, -0.2) is 41.3 Å². The number of ether oxygens (including phenoxy) is 2. The van der Waals surface area contributed by atoms with E-state index in [1.165, 1.54) is 0 Å². The molecule has 0 aromatic carbocycles. The molecule has 0 aliphatic carbocycles. The molecule has 2 heterocycles. The summed E-state index contributed by atoms with van der Waals surface area (Å²) in [6, 6.07) is 4.04. The minimum absolute atomic E-state index is 0.151. The summed E-state index contributed by atoms with van der Waals surface area (Å²) in [5, 5.41) is 0. The Kier molecular flexibility index (Phi) is 4.70. The van der Waals surface area contributed by atoms with Crippen molar-refractivity contribution in [2.45, 2.75) is 51.7 Å². The third-order valence-electron chi connectivity index (χ3n) is 3.50. The van der Waals surface area contributed by atoms with Gasteiger partial charge in [0.25, 0.3) is 0 Å². The molecule has 0 saturated carbocycles. The van der Waals surface area contributed by atoms with Crippen LogP contribution >= 0.6 is 0 Å². The monoisotopic (exact) mass is 292 g/mol. The molecule has 21 heavy (non-hydrogen) atoms. The maximum Gasteiger partial charge on any atom is 0.410 e. The van der Waals surface area contributed by atoms with Gasteiger partial charge < -0.3 is 14.4 Å². The van der Waals surface area contributed by atoms with Gasteiger partial charge in [-0.05, 0) is 46.1 Å². The van der Waals surface area contributed by atoms with Crippen molar-refractivity contribution < 1.29 is 14.3 Å². The number of amides is 1. The van der Waals surface area contributed by atoms with E-state index in [4.69, 9.17) is 9.47 Å². The molecule has 0 bridgehead atoms. The van der Waals surface area contributed by atoms with Crippen LogP contribution < -0.4 is 4.74 Å². The molecule has 116 valence electrons. The van der Waals surface area contributed by atoms with E-state index < -0.39 is 5.60 Å². The molecule has 5 nitrogen and oxygen atoms in total. The zero-order chi connectivity index (χ0) is 15.5. The normalized spacial score (nSPS) is 18.7. The average molecular weight is 292 g/mol. The molecule has 0 spiro atoms. The highest BCUT2D eigenvalue weighted by atomic mass is 16.6. The molecule has 2 rings (SSSR count). The number of carbonyl (C=O) groups excluding carboxylic acids is 1. The van der Waals surface area contributed by atoms with Crippen molar-refractivity contribution in [1.29, 1.82) is 0 Å². The SMILES string of the molecule is COc1ncccc1CC1CCCN1C(=O)OC(C)(C)C. The van der Waals surface area contributed by atoms with Gasteiger partial charge in [-0.2, -0.15) is 0 Å². The Hall–Kier alpha value is -1.78. The fourth-order valence-corrected chi connectivity index (χ4v) is 2.63. The summed E-state index contributed by atoms with van der Waals surface area (Å²) in [4.78, 5) is 18.3. The molecular formula is C16H24N2O3. The number of aromatic nitrogens is 1. The van der Waals surface area contributed by atoms with Crippen LogP contribution in [0, 0.1) is 0 Å². The van der Waals surface area contributed by atoms with Crippen molar-refractivity contribution in [2.75, 3.05) is 13.7 Å². The zero-order valence-corrected chi connectivity index (χ0v) is 13.3. The lowest BCUT2D eigenvalue weighted by atomic mass is 10.1. The second-order valence-electron chi connectivity index (χ2n) is 6.35. The predicted molar refractivity (Wildman–Crippen MR) is 80.5 cm³/mol. The Balaban J connectivity index is 2.07. The summed E-state index contributed by atoms with van der Waals surface area (Å²) in [5.41, 5.74) is 0.566. The lowest BCUT2D eigenvalue weighted by Gasteiger charge is -2.28. The summed E-state index contributed by atoms with van der Waals surface area (Å²) in [6.45, 7) is 6.42. The summed E-state index contributed by atoms with van der Waals surface area (Å²) in [5.74, 6) is 0.633. The van der Waals surface area contributed by atoms with Crippen LogP contribution in [0.2, 0.25) is 0 Å². The number of pyridine rings is 1. The van der Waals surface area contributed by atoms with Gasteiger partial charge in [-0.1, -0.05) is 6.07 Å². The quantitative estimate of drug-likeness (QED) is 0.859. The highest BCUT2D eigenvalue weighted by Crippen LogP contribution is 2.26. The number of carbonyl (C=O) groups is 1. The fourth-order valence-electron chi connectivity index (χ4n) is 2.63. The van der Waals surface area contributed by atoms with E-state index in [0.29, 0.717) is 5.88 Å². The van der Waals surface area contributed by atoms with Crippen molar-refractivity contribution in [1.82, 2.24) is 9.88 Å². The topological polar surface area (TPSA) is 51.7 Å². The summed E-state index contributed by atoms with van der Waals surface area (Å²) < 4.78 is 10.8. The Labute approximate surface area is 126 Å². The van der Waals surface area contributed by atoms with Gasteiger partial charge >= 0.3 is 6.09 Å². The Morgan fingerprint density at radius 2 is 2.24 bits per heavy atom. The molecule has 5 heteroatoms. The summed E-state index contributed by atoms with van der Waals surface area (Å²) in [6.07, 6.45) is 4.22. The highest BCUT2D eigenvalue weighted by molar-refractivity contribution is 5.69. The van der Waals surface area contributed by atoms with Gasteiger partial charge in [0.2, 0.25) is 5.88 Å². The number of methoxy groups -OCH3 is 1. The van der Waals surface area contributed by atoms with E-state index in [1.54, 1.807) is 13.3 Å². The first-order chi connectivity index (χ1) is 9.90. The van der Waals surface area contributed by atoms with Gasteiger partial charge in [-0.3, -0.25) is 0 Å². The molecule has 0 radical (unpaired) electrons. The van der Waals surface area contributed by atoms with Crippen LogP contribution in [0.3, 0.4) is 0 Å². The van der Waals surface area contributed by atoms with E-state index in [-0.39, 0.29) is 12.1 Å². The van der Waals surface area contributed by atoms with Crippen molar-refractivity contribution in [2.24, 2.45) is 0 Å². The molecule has 1 aliphatic heterocycles. The number of hydrogen-bond donors (Lipinski definition) is 0. The van der Waals surface area contributed by atoms with Gasteiger partial charge in [-0.15, -0.1) is 0 Å². The Morgan fingerprint density at radius 1 is 1.48 bits per heavy atom. The fraction of sp³-hybridized carbons (Fsp3) is 0.625. The molecule has 1 aromatic rings. The van der Waals surface area contributed by atoms with Crippen molar-refractivity contribution in [3.8, 4) is 5.88 Å². The smallest absolute Gasteiger partial charge is 0.410 e. The van der Waals surface area contributed by atoms with Crippen LogP contribution in [0.25, 0.3) is 0 Å². The Morgan fingerprint density at radius 3 is 2.90 bits per heavy atom. The zero-order valence-electron chi connectivity index (χ0n) is 13.3. The molecule has 1 amide bonds. The standard InChI is InChI=1S/C16H24N2O3/c1-16(2,3)21-15(19)18-10-6-8-13(18)11-12-7-5-9-17-14(12)20-4/h5,7,9,13H,6,8,10-11H2,1-4H3. The van der Waals surface area contributed by atoms with Crippen LogP contribution in [-0.2, 0) is 11.2 Å². The highest BCUT2D eigenvalue weighted by Gasteiger charge is 2.32. The van der Waals surface area contributed by atoms with Crippen LogP contribution in [0.1, 0.15) is 39.2 Å². The van der Waals surface area contributed by atoms with Crippen LogP contribution in [0.4, 0.5) is 4.79 Å². The molecule has 1 atom stereocenters. The largest absolute Gasteiger partial charge is 0.481 e. The third-order valence-corrected chi connectivity index (χ3v) is 3.50. The number of nitrogens with zero attached hydrogens (tertiary/aromatic N) is 2. The molecule has 1 aliphatic rings. The van der Waals surface area contributed by atoms with Gasteiger partial charge in [-0.25, -0.2) is 9.78 Å². The second-order valence-corrected chi connectivity index (χ2v) is 6.35. The predicted octanol–water partition coefficient (Wildman–Crippen LogP) is 3.03. The van der Waals surface area contributed by atoms with E-state index in [1.807, 2.05) is 37.8 Å². The van der Waals surface area contributed by atoms with E-state index in [0.717, 1.165) is 31.4 Å². The van der Waals surface area contributed by atoms with Gasteiger partial charge in [0.05, 0.1) is 7.11 Å². The first-order valence-electron chi connectivity index (χ1n) is 7.38. The summed E-state index contributed by atoms with van der Waals surface area (Å²) in [7, 11) is 1.62. The molecule has 1 saturated heterocycles. The van der Waals surface area contributed by atoms with E-state index in [2.05, 4.69) is 4.98 Å². The van der Waals surface area contributed by atoms with E-state index >= 15 is 0 Å². The molecule has 1 fully saturated rings.